The Morgan fingerprint density at radius 1 is 1.74 bits per heavy atom. The molecule has 7 heteroatoms. The number of nitrogens with one attached hydrogen (secondary N) is 1. The summed E-state index contributed by atoms with van der Waals surface area (Å²) in [4.78, 5) is 26.6. The Balaban J connectivity index is 2.02. The van der Waals surface area contributed by atoms with E-state index in [1.165, 1.54) is 0 Å². The summed E-state index contributed by atoms with van der Waals surface area (Å²) in [6.45, 7) is -9.40. The third-order valence-electron chi connectivity index (χ3n) is 3.72. The first-order valence-electron chi connectivity index (χ1n) is 16.0. The van der Waals surface area contributed by atoms with E-state index in [2.05, 4.69) is 0 Å². The summed E-state index contributed by atoms with van der Waals surface area (Å²) < 4.78 is 130. The molecule has 2 unspecified atom stereocenters. The lowest BCUT2D eigenvalue weighted by Gasteiger charge is -2.30. The molecule has 1 aliphatic heterocycles. The fourth-order valence-electron chi connectivity index (χ4n) is 2.52. The first-order valence-corrected chi connectivity index (χ1v) is 8.83. The maximum absolute atomic E-state index is 13.4. The van der Waals surface area contributed by atoms with Crippen molar-refractivity contribution in [2.45, 2.75) is 45.9 Å². The summed E-state index contributed by atoms with van der Waals surface area (Å²) in [6.07, 6.45) is -7.16. The van der Waals surface area contributed by atoms with Gasteiger partial charge in [0.05, 0.1) is 9.50 Å². The fourth-order valence-corrected chi connectivity index (χ4v) is 3.33. The standard InChI is InChI=1S/C20H29N3O3S/c1-13(2)23-19(26)16(17(24)15-7-11-27-20(15)23)18(25)21-8-5-10-22-9-4-6-14(3)12-22/h7,11,13-14,24H,4-6,8-10,12H2,1-3H3,(H,21,25)/i1D3,4D2,6D2,7D,9D2,11D,12D2,13D,14D/hD. The molecule has 0 aliphatic carbocycles. The Labute approximate surface area is 186 Å². The van der Waals surface area contributed by atoms with E-state index in [0.29, 0.717) is 20.8 Å². The van der Waals surface area contributed by atoms with Gasteiger partial charge in [-0.3, -0.25) is 14.2 Å². The van der Waals surface area contributed by atoms with E-state index in [9.17, 15) is 14.7 Å². The number of carbonyl (C=O) groups is 1. The molecule has 2 aromatic heterocycles. The lowest BCUT2D eigenvalue weighted by atomic mass is 10.0. The van der Waals surface area contributed by atoms with Crippen LogP contribution in [-0.2, 0) is 0 Å². The zero-order valence-electron chi connectivity index (χ0n) is 30.6. The van der Waals surface area contributed by atoms with Crippen molar-refractivity contribution in [1.29, 1.82) is 0 Å². The maximum Gasteiger partial charge on any atom is 0.268 e. The molecule has 148 valence electrons. The van der Waals surface area contributed by atoms with E-state index in [1.807, 2.05) is 0 Å². The number of aromatic hydroxyl groups is 1. The quantitative estimate of drug-likeness (QED) is 0.771. The number of nitrogens with zero attached hydrogens (tertiary/aromatic N) is 2. The fraction of sp³-hybridized carbons (Fsp3) is 0.600. The summed E-state index contributed by atoms with van der Waals surface area (Å²) in [6, 6.07) is -3.42. The summed E-state index contributed by atoms with van der Waals surface area (Å²) in [7, 11) is 0. The van der Waals surface area contributed by atoms with Gasteiger partial charge in [0.25, 0.3) is 11.5 Å². The Morgan fingerprint density at radius 2 is 2.56 bits per heavy atom. The van der Waals surface area contributed by atoms with Gasteiger partial charge in [-0.2, -0.15) is 0 Å². The number of likely N-dealkylation sites (tertiary alicyclic amines) is 1. The molecule has 27 heavy (non-hydrogen) atoms. The van der Waals surface area contributed by atoms with Gasteiger partial charge >= 0.3 is 0 Å². The van der Waals surface area contributed by atoms with Crippen LogP contribution in [0, 0.1) is 5.89 Å². The van der Waals surface area contributed by atoms with Gasteiger partial charge in [0.1, 0.15) is 16.1 Å². The van der Waals surface area contributed by atoms with Crippen LogP contribution in [0.25, 0.3) is 10.2 Å². The van der Waals surface area contributed by atoms with Gasteiger partial charge in [0.15, 0.2) is 1.41 Å². The van der Waals surface area contributed by atoms with Crippen LogP contribution in [0.5, 0.6) is 5.75 Å². The number of rotatable bonds is 6. The largest absolute Gasteiger partial charge is 0.506 e. The molecule has 1 saturated heterocycles. The summed E-state index contributed by atoms with van der Waals surface area (Å²) >= 11 is 0.425. The molecule has 3 heterocycles. The van der Waals surface area contributed by atoms with Crippen LogP contribution < -0.4 is 10.9 Å². The number of carbonyl (C=O) groups excluding carboxylic acids is 1. The molecule has 6 nitrogen and oxygen atoms in total. The van der Waals surface area contributed by atoms with Gasteiger partial charge in [-0.25, -0.2) is 0 Å². The average molecular weight is 408 g/mol. The number of fused-ring (bicyclic) bond motifs is 1. The van der Waals surface area contributed by atoms with E-state index < -0.39 is 108 Å². The third-order valence-corrected chi connectivity index (χ3v) is 4.50. The number of hydrogen-bond acceptors (Lipinski definition) is 5. The normalized spacial score (nSPS) is 39.8. The van der Waals surface area contributed by atoms with E-state index in [-0.39, 0.29) is 5.31 Å². The molecule has 0 aromatic carbocycles. The molecule has 0 radical (unpaired) electrons. The second-order valence-corrected chi connectivity index (χ2v) is 6.54. The van der Waals surface area contributed by atoms with Crippen molar-refractivity contribution in [3.63, 3.8) is 0 Å². The molecule has 1 amide bonds. The van der Waals surface area contributed by atoms with Gasteiger partial charge in [0.2, 0.25) is 0 Å². The maximum atomic E-state index is 13.4. The van der Waals surface area contributed by atoms with Gasteiger partial charge in [-0.05, 0) is 63.3 Å². The summed E-state index contributed by atoms with van der Waals surface area (Å²) in [5.41, 5.74) is -2.67. The van der Waals surface area contributed by atoms with Crippen molar-refractivity contribution >= 4 is 27.5 Å². The van der Waals surface area contributed by atoms with Crippen LogP contribution >= 0.6 is 11.3 Å². The number of pyridine rings is 1. The molecule has 3 rings (SSSR count). The Kier molecular flexibility index (Phi) is 2.46. The van der Waals surface area contributed by atoms with Crippen molar-refractivity contribution in [2.75, 3.05) is 26.1 Å². The average Bonchev–Trinajstić information content (AvgIpc) is 3.12. The zero-order valence-corrected chi connectivity index (χ0v) is 15.5. The Hall–Kier alpha value is -1.86. The molecule has 1 fully saturated rings. The Bertz CT molecular complexity index is 1480. The predicted octanol–water partition coefficient (Wildman–Crippen LogP) is 3.20. The predicted molar refractivity (Wildman–Crippen MR) is 110 cm³/mol. The highest BCUT2D eigenvalue weighted by molar-refractivity contribution is 7.16. The van der Waals surface area contributed by atoms with Gasteiger partial charge in [-0.15, -0.1) is 11.3 Å². The summed E-state index contributed by atoms with van der Waals surface area (Å²) in [5, 5.41) is 9.85. The topological polar surface area (TPSA) is 74.6 Å². The molecule has 2 N–H and O–H groups in total. The molecular formula is C20H29N3O3S. The molecule has 0 saturated carbocycles. The highest BCUT2D eigenvalue weighted by Gasteiger charge is 2.24. The molecule has 0 spiro atoms. The lowest BCUT2D eigenvalue weighted by molar-refractivity contribution is 0.0945. The minimum absolute atomic E-state index is 0.101. The van der Waals surface area contributed by atoms with Crippen molar-refractivity contribution in [3.8, 4) is 5.75 Å². The molecule has 1 aliphatic rings. The van der Waals surface area contributed by atoms with Crippen molar-refractivity contribution in [2.24, 2.45) is 5.89 Å². The van der Waals surface area contributed by atoms with Crippen molar-refractivity contribution < 1.29 is 31.9 Å². The first kappa shape index (κ1) is 7.87. The van der Waals surface area contributed by atoms with Gasteiger partial charge in [0, 0.05) is 35.5 Å². The van der Waals surface area contributed by atoms with Crippen LogP contribution in [0.2, 0.25) is 1.41 Å². The van der Waals surface area contributed by atoms with Gasteiger partial charge < -0.3 is 15.3 Å². The SMILES string of the molecule is [2H]c1sc2c(c1[2H])c(O)c(C(=O)N([2H])CCCN1C([2H])([2H])C([2H])([2H])C([2H])([2H])C([2H])(C)C1([2H])[2H])c(=O)n2C([2H])(C)C([2H])([2H])[2H]. The highest BCUT2D eigenvalue weighted by Crippen LogP contribution is 2.31. The van der Waals surface area contributed by atoms with E-state index >= 15 is 0 Å². The number of amides is 1. The second kappa shape index (κ2) is 8.44. The number of piperidine rings is 1. The number of hydrogen-bond donors (Lipinski definition) is 2. The van der Waals surface area contributed by atoms with Crippen LogP contribution in [0.1, 0.15) is 76.8 Å². The first-order chi connectivity index (χ1) is 19.0. The minimum Gasteiger partial charge on any atom is -0.506 e. The smallest absolute Gasteiger partial charge is 0.268 e. The van der Waals surface area contributed by atoms with E-state index in [4.69, 9.17) is 22.0 Å². The van der Waals surface area contributed by atoms with Crippen LogP contribution in [0.15, 0.2) is 16.2 Å². The summed E-state index contributed by atoms with van der Waals surface area (Å²) in [5.74, 6) is -5.48. The molecular weight excluding hydrogens is 362 g/mol. The van der Waals surface area contributed by atoms with Crippen LogP contribution in [0.3, 0.4) is 0 Å². The monoisotopic (exact) mass is 407 g/mol. The van der Waals surface area contributed by atoms with Gasteiger partial charge in [-0.1, -0.05) is 6.92 Å². The number of aromatic nitrogens is 1. The minimum atomic E-state index is -3.39. The lowest BCUT2D eigenvalue weighted by Crippen LogP contribution is -2.37. The molecule has 0 bridgehead atoms. The van der Waals surface area contributed by atoms with Crippen molar-refractivity contribution in [3.05, 3.63) is 27.3 Å². The van der Waals surface area contributed by atoms with E-state index in [1.54, 1.807) is 0 Å². The number of thiophene rings is 1. The van der Waals surface area contributed by atoms with E-state index in [0.717, 1.165) is 13.8 Å². The van der Waals surface area contributed by atoms with Crippen molar-refractivity contribution in [1.82, 2.24) is 14.8 Å². The molecule has 2 atom stereocenters. The van der Waals surface area contributed by atoms with Crippen LogP contribution in [-0.4, -0.2) is 46.6 Å². The molecule has 2 aromatic rings. The third kappa shape index (κ3) is 4.19. The Morgan fingerprint density at radius 3 is 3.33 bits per heavy atom. The van der Waals surface area contributed by atoms with Crippen LogP contribution in [0.4, 0.5) is 0 Å². The zero-order chi connectivity index (χ0) is 33.7. The second-order valence-electron chi connectivity index (χ2n) is 5.75. The highest BCUT2D eigenvalue weighted by atomic mass is 32.1.